The van der Waals surface area contributed by atoms with Crippen LogP contribution in [0.3, 0.4) is 0 Å². The highest BCUT2D eigenvalue weighted by Gasteiger charge is 2.32. The lowest BCUT2D eigenvalue weighted by molar-refractivity contribution is -0.140. The lowest BCUT2D eigenvalue weighted by Gasteiger charge is -2.30. The van der Waals surface area contributed by atoms with Crippen LogP contribution in [0.1, 0.15) is 24.1 Å². The van der Waals surface area contributed by atoms with E-state index < -0.39 is 12.0 Å². The fourth-order valence-corrected chi connectivity index (χ4v) is 3.22. The molecular weight excluding hydrogens is 356 g/mol. The van der Waals surface area contributed by atoms with Gasteiger partial charge in [-0.05, 0) is 36.3 Å². The number of nitrogens with one attached hydrogen (secondary N) is 2. The number of ether oxygens (including phenoxy) is 1. The van der Waals surface area contributed by atoms with Gasteiger partial charge < -0.3 is 15.4 Å². The fraction of sp³-hybridized carbons (Fsp3) is 0.158. The molecular formula is C19H17ClN2O2S. The molecule has 2 aromatic rings. The van der Waals surface area contributed by atoms with Crippen molar-refractivity contribution < 1.29 is 9.53 Å². The van der Waals surface area contributed by atoms with Crippen molar-refractivity contribution in [3.05, 3.63) is 82.0 Å². The Morgan fingerprint density at radius 1 is 1.16 bits per heavy atom. The fourth-order valence-electron chi connectivity index (χ4n) is 2.71. The van der Waals surface area contributed by atoms with Crippen LogP contribution in [-0.4, -0.2) is 11.1 Å². The van der Waals surface area contributed by atoms with E-state index in [-0.39, 0.29) is 6.61 Å². The first kappa shape index (κ1) is 17.5. The van der Waals surface area contributed by atoms with Gasteiger partial charge in [0.25, 0.3) is 0 Å². The maximum Gasteiger partial charge on any atom is 0.338 e. The summed E-state index contributed by atoms with van der Waals surface area (Å²) in [6.45, 7) is 2.01. The van der Waals surface area contributed by atoms with Crippen LogP contribution in [0.4, 0.5) is 0 Å². The number of esters is 1. The molecule has 1 aliphatic heterocycles. The molecule has 0 radical (unpaired) electrons. The Morgan fingerprint density at radius 3 is 2.56 bits per heavy atom. The number of benzene rings is 2. The van der Waals surface area contributed by atoms with Crippen LogP contribution in [0.25, 0.3) is 0 Å². The number of hydrogen-bond donors (Lipinski definition) is 2. The maximum absolute atomic E-state index is 12.7. The molecule has 0 saturated heterocycles. The van der Waals surface area contributed by atoms with Gasteiger partial charge in [0, 0.05) is 10.7 Å². The third kappa shape index (κ3) is 4.00. The number of halogens is 1. The highest BCUT2D eigenvalue weighted by molar-refractivity contribution is 7.80. The number of carbonyl (C=O) groups excluding carboxylic acids is 1. The second-order valence-electron chi connectivity index (χ2n) is 5.65. The van der Waals surface area contributed by atoms with E-state index in [4.69, 9.17) is 28.6 Å². The Morgan fingerprint density at radius 2 is 1.84 bits per heavy atom. The Balaban J connectivity index is 1.87. The first-order valence-electron chi connectivity index (χ1n) is 7.80. The predicted molar refractivity (Wildman–Crippen MR) is 102 cm³/mol. The largest absolute Gasteiger partial charge is 0.457 e. The van der Waals surface area contributed by atoms with Gasteiger partial charge in [-0.25, -0.2) is 4.79 Å². The van der Waals surface area contributed by atoms with E-state index in [2.05, 4.69) is 10.6 Å². The molecule has 6 heteroatoms. The first-order chi connectivity index (χ1) is 12.1. The number of carbonyl (C=O) groups is 1. The van der Waals surface area contributed by atoms with Gasteiger partial charge in [-0.2, -0.15) is 0 Å². The van der Waals surface area contributed by atoms with Crippen molar-refractivity contribution in [3.63, 3.8) is 0 Å². The minimum Gasteiger partial charge on any atom is -0.457 e. The summed E-state index contributed by atoms with van der Waals surface area (Å²) in [7, 11) is 0. The molecule has 1 unspecified atom stereocenters. The second-order valence-corrected chi connectivity index (χ2v) is 6.47. The topological polar surface area (TPSA) is 50.4 Å². The highest BCUT2D eigenvalue weighted by atomic mass is 35.5. The summed E-state index contributed by atoms with van der Waals surface area (Å²) in [5.74, 6) is -0.409. The monoisotopic (exact) mass is 372 g/mol. The van der Waals surface area contributed by atoms with E-state index in [1.807, 2.05) is 48.5 Å². The minimum atomic E-state index is -0.453. The van der Waals surface area contributed by atoms with Crippen LogP contribution in [-0.2, 0) is 16.1 Å². The van der Waals surface area contributed by atoms with Gasteiger partial charge in [0.1, 0.15) is 6.61 Å². The van der Waals surface area contributed by atoms with Crippen molar-refractivity contribution in [2.45, 2.75) is 19.6 Å². The molecule has 0 saturated carbocycles. The van der Waals surface area contributed by atoms with Crippen LogP contribution in [0.15, 0.2) is 65.9 Å². The van der Waals surface area contributed by atoms with Gasteiger partial charge in [0.15, 0.2) is 5.11 Å². The van der Waals surface area contributed by atoms with Crippen LogP contribution in [0, 0.1) is 0 Å². The average molecular weight is 373 g/mol. The Labute approximate surface area is 156 Å². The van der Waals surface area contributed by atoms with Crippen molar-refractivity contribution in [1.29, 1.82) is 0 Å². The van der Waals surface area contributed by atoms with Crippen molar-refractivity contribution >= 4 is 34.9 Å². The summed E-state index contributed by atoms with van der Waals surface area (Å²) in [5, 5.41) is 7.10. The summed E-state index contributed by atoms with van der Waals surface area (Å²) in [6, 6.07) is 16.5. The van der Waals surface area contributed by atoms with Gasteiger partial charge in [-0.15, -0.1) is 0 Å². The van der Waals surface area contributed by atoms with Crippen LogP contribution in [0.5, 0.6) is 0 Å². The first-order valence-corrected chi connectivity index (χ1v) is 8.58. The smallest absolute Gasteiger partial charge is 0.338 e. The number of hydrogen-bond acceptors (Lipinski definition) is 3. The molecule has 25 heavy (non-hydrogen) atoms. The molecule has 0 bridgehead atoms. The average Bonchev–Trinajstić information content (AvgIpc) is 2.60. The van der Waals surface area contributed by atoms with E-state index in [1.165, 1.54) is 0 Å². The molecule has 0 amide bonds. The minimum absolute atomic E-state index is 0.205. The Kier molecular flexibility index (Phi) is 5.36. The van der Waals surface area contributed by atoms with E-state index >= 15 is 0 Å². The molecule has 0 aromatic heterocycles. The van der Waals surface area contributed by atoms with E-state index in [1.54, 1.807) is 13.0 Å². The molecule has 1 atom stereocenters. The highest BCUT2D eigenvalue weighted by Crippen LogP contribution is 2.32. The third-order valence-electron chi connectivity index (χ3n) is 3.92. The number of allylic oxidation sites excluding steroid dienone is 1. The van der Waals surface area contributed by atoms with Crippen LogP contribution in [0.2, 0.25) is 5.02 Å². The van der Waals surface area contributed by atoms with Crippen LogP contribution >= 0.6 is 23.8 Å². The van der Waals surface area contributed by atoms with Crippen molar-refractivity contribution in [2.24, 2.45) is 0 Å². The predicted octanol–water partition coefficient (Wildman–Crippen LogP) is 3.88. The SMILES string of the molecule is CC1=C(C(=O)OCc2ccccc2)C(c2ccccc2Cl)NC(=S)N1. The van der Waals surface area contributed by atoms with Crippen molar-refractivity contribution in [2.75, 3.05) is 0 Å². The molecule has 1 heterocycles. The van der Waals surface area contributed by atoms with Crippen LogP contribution < -0.4 is 10.6 Å². The number of rotatable bonds is 4. The molecule has 0 fully saturated rings. The summed E-state index contributed by atoms with van der Waals surface area (Å²) >= 11 is 11.5. The van der Waals surface area contributed by atoms with Crippen molar-refractivity contribution in [3.8, 4) is 0 Å². The lowest BCUT2D eigenvalue weighted by Crippen LogP contribution is -2.45. The molecule has 2 N–H and O–H groups in total. The molecule has 0 spiro atoms. The van der Waals surface area contributed by atoms with E-state index in [0.29, 0.717) is 21.4 Å². The standard InChI is InChI=1S/C19H17ClN2O2S/c1-12-16(18(23)24-11-13-7-3-2-4-8-13)17(22-19(25)21-12)14-9-5-6-10-15(14)20/h2-10,17H,11H2,1H3,(H2,21,22,25). The molecule has 128 valence electrons. The summed E-state index contributed by atoms with van der Waals surface area (Å²) in [4.78, 5) is 12.7. The van der Waals surface area contributed by atoms with Gasteiger partial charge in [-0.3, -0.25) is 0 Å². The van der Waals surface area contributed by atoms with Gasteiger partial charge in [-0.1, -0.05) is 60.1 Å². The Bertz CT molecular complexity index is 836. The van der Waals surface area contributed by atoms with Gasteiger partial charge >= 0.3 is 5.97 Å². The zero-order valence-corrected chi connectivity index (χ0v) is 15.2. The van der Waals surface area contributed by atoms with Crippen molar-refractivity contribution in [1.82, 2.24) is 10.6 Å². The zero-order valence-electron chi connectivity index (χ0n) is 13.6. The molecule has 4 nitrogen and oxygen atoms in total. The summed E-state index contributed by atoms with van der Waals surface area (Å²) < 4.78 is 5.50. The molecule has 1 aliphatic rings. The molecule has 3 rings (SSSR count). The van der Waals surface area contributed by atoms with Gasteiger partial charge in [0.2, 0.25) is 0 Å². The maximum atomic E-state index is 12.7. The van der Waals surface area contributed by atoms with E-state index in [0.717, 1.165) is 11.1 Å². The summed E-state index contributed by atoms with van der Waals surface area (Å²) in [6.07, 6.45) is 0. The molecule has 2 aromatic carbocycles. The lowest BCUT2D eigenvalue weighted by atomic mass is 9.95. The number of thiocarbonyl (C=S) groups is 1. The quantitative estimate of drug-likeness (QED) is 0.630. The second kappa shape index (κ2) is 7.68. The Hall–Kier alpha value is -2.37. The normalized spacial score (nSPS) is 16.9. The summed E-state index contributed by atoms with van der Waals surface area (Å²) in [5.41, 5.74) is 2.83. The van der Waals surface area contributed by atoms with Gasteiger partial charge in [0.05, 0.1) is 11.6 Å². The zero-order chi connectivity index (χ0) is 17.8. The van der Waals surface area contributed by atoms with E-state index in [9.17, 15) is 4.79 Å². The molecule has 0 aliphatic carbocycles. The third-order valence-corrected chi connectivity index (χ3v) is 4.48.